The third-order valence-corrected chi connectivity index (χ3v) is 2.96. The average Bonchev–Trinajstić information content (AvgIpc) is 2.47. The summed E-state index contributed by atoms with van der Waals surface area (Å²) >= 11 is 0. The van der Waals surface area contributed by atoms with Crippen molar-refractivity contribution in [1.82, 2.24) is 4.90 Å². The maximum absolute atomic E-state index is 11.5. The number of rotatable bonds is 5. The predicted octanol–water partition coefficient (Wildman–Crippen LogP) is 2.75. The second-order valence-electron chi connectivity index (χ2n) is 4.58. The SMILES string of the molecule is CN(C)C(=O)CCCC(=C(C#N)C#N)c1ccccc1. The summed E-state index contributed by atoms with van der Waals surface area (Å²) in [7, 11) is 3.43. The monoisotopic (exact) mass is 267 g/mol. The quantitative estimate of drug-likeness (QED) is 0.770. The van der Waals surface area contributed by atoms with E-state index < -0.39 is 0 Å². The molecule has 0 aliphatic rings. The fourth-order valence-electron chi connectivity index (χ4n) is 1.85. The lowest BCUT2D eigenvalue weighted by atomic mass is 9.96. The highest BCUT2D eigenvalue weighted by atomic mass is 16.2. The molecule has 0 spiro atoms. The summed E-state index contributed by atoms with van der Waals surface area (Å²) in [6.45, 7) is 0. The van der Waals surface area contributed by atoms with Gasteiger partial charge in [-0.1, -0.05) is 30.3 Å². The number of nitrogens with zero attached hydrogens (tertiary/aromatic N) is 3. The molecule has 0 fully saturated rings. The molecule has 1 aromatic carbocycles. The Morgan fingerprint density at radius 3 is 2.20 bits per heavy atom. The summed E-state index contributed by atoms with van der Waals surface area (Å²) in [5, 5.41) is 18.1. The summed E-state index contributed by atoms with van der Waals surface area (Å²) in [5.41, 5.74) is 1.69. The molecule has 4 nitrogen and oxygen atoms in total. The lowest BCUT2D eigenvalue weighted by Gasteiger charge is -2.11. The molecule has 0 N–H and O–H groups in total. The zero-order chi connectivity index (χ0) is 15.0. The van der Waals surface area contributed by atoms with Gasteiger partial charge in [0.1, 0.15) is 17.7 Å². The first-order chi connectivity index (χ1) is 9.60. The highest BCUT2D eigenvalue weighted by Gasteiger charge is 2.11. The van der Waals surface area contributed by atoms with Crippen LogP contribution in [0.3, 0.4) is 0 Å². The molecule has 0 bridgehead atoms. The lowest BCUT2D eigenvalue weighted by Crippen LogP contribution is -2.21. The molecule has 0 heterocycles. The standard InChI is InChI=1S/C16H17N3O/c1-19(2)16(20)10-6-9-15(14(11-17)12-18)13-7-4-3-5-8-13/h3-5,7-8H,6,9-10H2,1-2H3. The highest BCUT2D eigenvalue weighted by molar-refractivity contribution is 5.77. The van der Waals surface area contributed by atoms with Gasteiger partial charge in [-0.15, -0.1) is 0 Å². The van der Waals surface area contributed by atoms with Gasteiger partial charge in [0, 0.05) is 20.5 Å². The number of benzene rings is 1. The Kier molecular flexibility index (Phi) is 6.00. The van der Waals surface area contributed by atoms with Crippen molar-refractivity contribution in [3.8, 4) is 12.1 Å². The van der Waals surface area contributed by atoms with Crippen LogP contribution in [-0.4, -0.2) is 24.9 Å². The molecule has 0 saturated heterocycles. The third-order valence-electron chi connectivity index (χ3n) is 2.96. The zero-order valence-corrected chi connectivity index (χ0v) is 11.8. The van der Waals surface area contributed by atoms with E-state index in [-0.39, 0.29) is 11.5 Å². The largest absolute Gasteiger partial charge is 0.349 e. The minimum Gasteiger partial charge on any atom is -0.349 e. The fourth-order valence-corrected chi connectivity index (χ4v) is 1.85. The molecule has 0 radical (unpaired) electrons. The van der Waals surface area contributed by atoms with E-state index in [1.807, 2.05) is 42.5 Å². The van der Waals surface area contributed by atoms with E-state index in [1.54, 1.807) is 19.0 Å². The summed E-state index contributed by atoms with van der Waals surface area (Å²) in [4.78, 5) is 13.1. The van der Waals surface area contributed by atoms with Crippen molar-refractivity contribution in [2.75, 3.05) is 14.1 Å². The van der Waals surface area contributed by atoms with Crippen molar-refractivity contribution in [3.63, 3.8) is 0 Å². The Morgan fingerprint density at radius 2 is 1.70 bits per heavy atom. The van der Waals surface area contributed by atoms with E-state index in [4.69, 9.17) is 10.5 Å². The number of carbonyl (C=O) groups is 1. The molecular formula is C16H17N3O. The molecule has 0 aromatic heterocycles. The summed E-state index contributed by atoms with van der Waals surface area (Å²) in [6, 6.07) is 13.2. The van der Waals surface area contributed by atoms with Crippen molar-refractivity contribution in [2.45, 2.75) is 19.3 Å². The van der Waals surface area contributed by atoms with Gasteiger partial charge in [-0.3, -0.25) is 4.79 Å². The Bertz CT molecular complexity index is 558. The minimum absolute atomic E-state index is 0.0490. The maximum atomic E-state index is 11.5. The Balaban J connectivity index is 2.88. The van der Waals surface area contributed by atoms with Gasteiger partial charge in [0.2, 0.25) is 5.91 Å². The normalized spacial score (nSPS) is 9.20. The van der Waals surface area contributed by atoms with Crippen LogP contribution in [0.25, 0.3) is 5.57 Å². The summed E-state index contributed by atoms with van der Waals surface area (Å²) < 4.78 is 0. The molecule has 4 heteroatoms. The second kappa shape index (κ2) is 7.76. The van der Waals surface area contributed by atoms with E-state index in [0.717, 1.165) is 5.56 Å². The second-order valence-corrected chi connectivity index (χ2v) is 4.58. The van der Waals surface area contributed by atoms with Crippen LogP contribution in [0.1, 0.15) is 24.8 Å². The molecule has 0 atom stereocenters. The predicted molar refractivity (Wildman–Crippen MR) is 77.1 cm³/mol. The van der Waals surface area contributed by atoms with Crippen LogP contribution in [-0.2, 0) is 4.79 Å². The van der Waals surface area contributed by atoms with Crippen molar-refractivity contribution in [2.24, 2.45) is 0 Å². The van der Waals surface area contributed by atoms with Gasteiger partial charge in [-0.2, -0.15) is 10.5 Å². The van der Waals surface area contributed by atoms with E-state index in [1.165, 1.54) is 0 Å². The minimum atomic E-state index is 0.0490. The molecule has 1 rings (SSSR count). The van der Waals surface area contributed by atoms with Crippen molar-refractivity contribution in [1.29, 1.82) is 10.5 Å². The Hall–Kier alpha value is -2.59. The number of hydrogen-bond donors (Lipinski definition) is 0. The van der Waals surface area contributed by atoms with Gasteiger partial charge in [-0.05, 0) is 24.0 Å². The van der Waals surface area contributed by atoms with Crippen molar-refractivity contribution in [3.05, 3.63) is 41.5 Å². The van der Waals surface area contributed by atoms with E-state index in [0.29, 0.717) is 24.8 Å². The summed E-state index contributed by atoms with van der Waals surface area (Å²) in [5.74, 6) is 0.0490. The van der Waals surface area contributed by atoms with Crippen LogP contribution in [0.2, 0.25) is 0 Å². The first-order valence-corrected chi connectivity index (χ1v) is 6.39. The molecule has 0 aliphatic carbocycles. The number of amides is 1. The third kappa shape index (κ3) is 4.26. The van der Waals surface area contributed by atoms with Gasteiger partial charge in [-0.25, -0.2) is 0 Å². The van der Waals surface area contributed by atoms with Gasteiger partial charge >= 0.3 is 0 Å². The van der Waals surface area contributed by atoms with Crippen molar-refractivity contribution < 1.29 is 4.79 Å². The maximum Gasteiger partial charge on any atom is 0.222 e. The highest BCUT2D eigenvalue weighted by Crippen LogP contribution is 2.24. The molecule has 1 amide bonds. The number of nitriles is 2. The molecular weight excluding hydrogens is 250 g/mol. The van der Waals surface area contributed by atoms with Gasteiger partial charge in [0.05, 0.1) is 0 Å². The Morgan fingerprint density at radius 1 is 1.10 bits per heavy atom. The van der Waals surface area contributed by atoms with Gasteiger partial charge in [0.15, 0.2) is 0 Å². The first kappa shape index (κ1) is 15.5. The molecule has 20 heavy (non-hydrogen) atoms. The van der Waals surface area contributed by atoms with Crippen LogP contribution in [0.5, 0.6) is 0 Å². The smallest absolute Gasteiger partial charge is 0.222 e. The Labute approximate surface area is 119 Å². The first-order valence-electron chi connectivity index (χ1n) is 6.39. The van der Waals surface area contributed by atoms with Crippen LogP contribution in [0.15, 0.2) is 35.9 Å². The number of allylic oxidation sites excluding steroid dienone is 2. The molecule has 0 aliphatic heterocycles. The zero-order valence-electron chi connectivity index (χ0n) is 11.8. The van der Waals surface area contributed by atoms with Crippen LogP contribution >= 0.6 is 0 Å². The number of hydrogen-bond acceptors (Lipinski definition) is 3. The molecule has 102 valence electrons. The van der Waals surface area contributed by atoms with Crippen LogP contribution in [0.4, 0.5) is 0 Å². The number of carbonyl (C=O) groups excluding carboxylic acids is 1. The topological polar surface area (TPSA) is 67.9 Å². The van der Waals surface area contributed by atoms with Gasteiger partial charge < -0.3 is 4.90 Å². The lowest BCUT2D eigenvalue weighted by molar-refractivity contribution is -0.128. The molecule has 1 aromatic rings. The fraction of sp³-hybridized carbons (Fsp3) is 0.312. The molecule has 0 unspecified atom stereocenters. The van der Waals surface area contributed by atoms with E-state index in [2.05, 4.69) is 0 Å². The summed E-state index contributed by atoms with van der Waals surface area (Å²) in [6.07, 6.45) is 1.57. The van der Waals surface area contributed by atoms with E-state index in [9.17, 15) is 4.79 Å². The van der Waals surface area contributed by atoms with Crippen molar-refractivity contribution >= 4 is 11.5 Å². The average molecular weight is 267 g/mol. The van der Waals surface area contributed by atoms with E-state index >= 15 is 0 Å². The van der Waals surface area contributed by atoms with Crippen LogP contribution in [0, 0.1) is 22.7 Å². The van der Waals surface area contributed by atoms with Crippen LogP contribution < -0.4 is 0 Å². The van der Waals surface area contributed by atoms with Gasteiger partial charge in [0.25, 0.3) is 0 Å². The molecule has 0 saturated carbocycles.